The van der Waals surface area contributed by atoms with E-state index in [0.717, 1.165) is 31.2 Å². The molecular formula is C18H25N3O3S. The lowest BCUT2D eigenvalue weighted by Gasteiger charge is -2.16. The Balaban J connectivity index is 1.49. The number of hydrogen-bond donors (Lipinski definition) is 3. The zero-order chi connectivity index (χ0) is 17.9. The van der Waals surface area contributed by atoms with Crippen molar-refractivity contribution in [3.05, 3.63) is 52.5 Å². The Hall–Kier alpha value is -1.96. The number of thiazole rings is 1. The maximum Gasteiger partial charge on any atom is 0.407 e. The minimum absolute atomic E-state index is 0.274. The van der Waals surface area contributed by atoms with Gasteiger partial charge in [-0.3, -0.25) is 0 Å². The van der Waals surface area contributed by atoms with E-state index < -0.39 is 12.2 Å². The van der Waals surface area contributed by atoms with Gasteiger partial charge < -0.3 is 20.9 Å². The average Bonchev–Trinajstić information content (AvgIpc) is 3.17. The van der Waals surface area contributed by atoms with Crippen LogP contribution in [0.3, 0.4) is 0 Å². The van der Waals surface area contributed by atoms with Gasteiger partial charge in [0.05, 0.1) is 0 Å². The number of hydrogen-bond acceptors (Lipinski definition) is 6. The molecule has 2 aromatic rings. The van der Waals surface area contributed by atoms with Crippen molar-refractivity contribution in [1.29, 1.82) is 0 Å². The summed E-state index contributed by atoms with van der Waals surface area (Å²) in [5.41, 5.74) is 6.96. The Kier molecular flexibility index (Phi) is 8.38. The van der Waals surface area contributed by atoms with Crippen LogP contribution in [0.2, 0.25) is 0 Å². The van der Waals surface area contributed by atoms with Gasteiger partial charge in [0.25, 0.3) is 0 Å². The molecule has 136 valence electrons. The van der Waals surface area contributed by atoms with E-state index in [0.29, 0.717) is 11.6 Å². The third-order valence-corrected chi connectivity index (χ3v) is 4.65. The van der Waals surface area contributed by atoms with Gasteiger partial charge in [0.15, 0.2) is 0 Å². The molecule has 0 radical (unpaired) electrons. The molecule has 2 atom stereocenters. The largest absolute Gasteiger partial charge is 0.445 e. The Morgan fingerprint density at radius 3 is 2.80 bits per heavy atom. The summed E-state index contributed by atoms with van der Waals surface area (Å²) in [4.78, 5) is 15.7. The zero-order valence-electron chi connectivity index (χ0n) is 14.1. The molecule has 0 aliphatic heterocycles. The van der Waals surface area contributed by atoms with E-state index in [4.69, 9.17) is 10.5 Å². The molecule has 0 spiro atoms. The van der Waals surface area contributed by atoms with Gasteiger partial charge in [0, 0.05) is 24.2 Å². The molecule has 0 saturated heterocycles. The molecule has 0 aliphatic carbocycles. The maximum atomic E-state index is 11.6. The molecule has 0 saturated carbocycles. The number of ether oxygens (including phenoxy) is 1. The number of carbonyl (C=O) groups excluding carboxylic acids is 1. The van der Waals surface area contributed by atoms with Crippen LogP contribution in [-0.2, 0) is 11.3 Å². The quantitative estimate of drug-likeness (QED) is 0.564. The Morgan fingerprint density at radius 2 is 2.08 bits per heavy atom. The number of nitrogens with zero attached hydrogens (tertiary/aromatic N) is 1. The molecular weight excluding hydrogens is 338 g/mol. The second-order valence-corrected chi connectivity index (χ2v) is 6.74. The number of aliphatic hydroxyl groups is 1. The van der Waals surface area contributed by atoms with E-state index in [1.807, 2.05) is 35.7 Å². The van der Waals surface area contributed by atoms with Crippen LogP contribution in [0.5, 0.6) is 0 Å². The monoisotopic (exact) mass is 363 g/mol. The fourth-order valence-electron chi connectivity index (χ4n) is 2.37. The highest BCUT2D eigenvalue weighted by Gasteiger charge is 2.18. The summed E-state index contributed by atoms with van der Waals surface area (Å²) in [6, 6.07) is 9.26. The van der Waals surface area contributed by atoms with Crippen molar-refractivity contribution in [2.45, 2.75) is 44.4 Å². The van der Waals surface area contributed by atoms with Crippen LogP contribution in [-0.4, -0.2) is 28.8 Å². The van der Waals surface area contributed by atoms with Gasteiger partial charge in [-0.15, -0.1) is 11.3 Å². The molecule has 1 heterocycles. The Morgan fingerprint density at radius 1 is 1.28 bits per heavy atom. The highest BCUT2D eigenvalue weighted by molar-refractivity contribution is 7.09. The summed E-state index contributed by atoms with van der Waals surface area (Å²) in [6.45, 7) is 0.841. The first-order valence-corrected chi connectivity index (χ1v) is 9.32. The number of carbonyl (C=O) groups is 1. The summed E-state index contributed by atoms with van der Waals surface area (Å²) < 4.78 is 5.14. The van der Waals surface area contributed by atoms with Crippen molar-refractivity contribution >= 4 is 17.4 Å². The highest BCUT2D eigenvalue weighted by Crippen LogP contribution is 2.20. The Labute approximate surface area is 152 Å². The smallest absolute Gasteiger partial charge is 0.407 e. The number of amides is 1. The van der Waals surface area contributed by atoms with Crippen LogP contribution in [0.25, 0.3) is 0 Å². The summed E-state index contributed by atoms with van der Waals surface area (Å²) in [5.74, 6) is 0. The van der Waals surface area contributed by atoms with Crippen LogP contribution in [0.15, 0.2) is 41.9 Å². The number of unbranched alkanes of at least 4 members (excludes halogenated alkanes) is 2. The van der Waals surface area contributed by atoms with Gasteiger partial charge in [0.1, 0.15) is 17.7 Å². The number of nitrogens with two attached hydrogens (primary N) is 1. The first-order valence-electron chi connectivity index (χ1n) is 8.44. The third kappa shape index (κ3) is 7.21. The summed E-state index contributed by atoms with van der Waals surface area (Å²) in [5, 5.41) is 15.3. The first-order chi connectivity index (χ1) is 12.2. The van der Waals surface area contributed by atoms with E-state index in [1.165, 1.54) is 11.3 Å². The standard InChI is InChI=1S/C18H25N3O3S/c19-15(16(22)17-20-11-12-25-17)9-5-2-6-10-21-18(23)24-13-14-7-3-1-4-8-14/h1,3-4,7-8,11-12,15-16,22H,2,5-6,9-10,13,19H2,(H,21,23). The maximum absolute atomic E-state index is 11.6. The van der Waals surface area contributed by atoms with Crippen LogP contribution >= 0.6 is 11.3 Å². The number of rotatable bonds is 10. The fourth-order valence-corrected chi connectivity index (χ4v) is 3.07. The van der Waals surface area contributed by atoms with Gasteiger partial charge in [-0.25, -0.2) is 9.78 Å². The van der Waals surface area contributed by atoms with Crippen LogP contribution in [0.4, 0.5) is 4.79 Å². The van der Waals surface area contributed by atoms with Crippen LogP contribution in [0.1, 0.15) is 42.4 Å². The number of alkyl carbamates (subject to hydrolysis) is 1. The highest BCUT2D eigenvalue weighted by atomic mass is 32.1. The molecule has 2 rings (SSSR count). The van der Waals surface area contributed by atoms with Gasteiger partial charge in [-0.2, -0.15) is 0 Å². The van der Waals surface area contributed by atoms with E-state index in [9.17, 15) is 9.90 Å². The van der Waals surface area contributed by atoms with E-state index >= 15 is 0 Å². The van der Waals surface area contributed by atoms with Crippen LogP contribution < -0.4 is 11.1 Å². The molecule has 2 unspecified atom stereocenters. The van der Waals surface area contributed by atoms with Crippen LogP contribution in [0, 0.1) is 0 Å². The van der Waals surface area contributed by atoms with E-state index in [1.54, 1.807) is 6.20 Å². The molecule has 4 N–H and O–H groups in total. The lowest BCUT2D eigenvalue weighted by molar-refractivity contribution is 0.138. The first kappa shape index (κ1) is 19.4. The van der Waals surface area contributed by atoms with Crippen molar-refractivity contribution < 1.29 is 14.6 Å². The molecule has 0 aliphatic rings. The summed E-state index contributed by atoms with van der Waals surface area (Å²) >= 11 is 1.41. The van der Waals surface area contributed by atoms with Gasteiger partial charge in [0.2, 0.25) is 0 Å². The third-order valence-electron chi connectivity index (χ3n) is 3.81. The van der Waals surface area contributed by atoms with Gasteiger partial charge in [-0.05, 0) is 18.4 Å². The fraction of sp³-hybridized carbons (Fsp3) is 0.444. The van der Waals surface area contributed by atoms with E-state index in [-0.39, 0.29) is 12.6 Å². The topological polar surface area (TPSA) is 97.5 Å². The predicted octanol–water partition coefficient (Wildman–Crippen LogP) is 2.99. The lowest BCUT2D eigenvalue weighted by Crippen LogP contribution is -2.28. The minimum atomic E-state index is -0.703. The molecule has 1 amide bonds. The molecule has 0 fully saturated rings. The van der Waals surface area contributed by atoms with E-state index in [2.05, 4.69) is 10.3 Å². The van der Waals surface area contributed by atoms with Crippen molar-refractivity contribution in [3.63, 3.8) is 0 Å². The second kappa shape index (κ2) is 10.8. The molecule has 1 aromatic heterocycles. The molecule has 7 heteroatoms. The van der Waals surface area contributed by atoms with Crippen molar-refractivity contribution in [3.8, 4) is 0 Å². The number of aromatic nitrogens is 1. The zero-order valence-corrected chi connectivity index (χ0v) is 15.0. The SMILES string of the molecule is NC(CCCCCNC(=O)OCc1ccccc1)C(O)c1nccs1. The Bertz CT molecular complexity index is 607. The second-order valence-electron chi connectivity index (χ2n) is 5.82. The van der Waals surface area contributed by atoms with Gasteiger partial charge >= 0.3 is 6.09 Å². The number of benzene rings is 1. The predicted molar refractivity (Wildman–Crippen MR) is 98.1 cm³/mol. The van der Waals surface area contributed by atoms with Crippen molar-refractivity contribution in [2.75, 3.05) is 6.54 Å². The minimum Gasteiger partial charge on any atom is -0.445 e. The van der Waals surface area contributed by atoms with Crippen molar-refractivity contribution in [1.82, 2.24) is 10.3 Å². The number of aliphatic hydroxyl groups excluding tert-OH is 1. The van der Waals surface area contributed by atoms with Crippen molar-refractivity contribution in [2.24, 2.45) is 5.73 Å². The average molecular weight is 363 g/mol. The molecule has 0 bridgehead atoms. The molecule has 6 nitrogen and oxygen atoms in total. The van der Waals surface area contributed by atoms with Gasteiger partial charge in [-0.1, -0.05) is 43.2 Å². The molecule has 1 aromatic carbocycles. The normalized spacial score (nSPS) is 13.2. The molecule has 25 heavy (non-hydrogen) atoms. The number of nitrogens with one attached hydrogen (secondary N) is 1. The summed E-state index contributed by atoms with van der Waals surface area (Å²) in [6.07, 6.45) is 3.95. The summed E-state index contributed by atoms with van der Waals surface area (Å²) in [7, 11) is 0. The lowest BCUT2D eigenvalue weighted by atomic mass is 10.0.